The highest BCUT2D eigenvalue weighted by Gasteiger charge is 2.81. The van der Waals surface area contributed by atoms with Crippen LogP contribution >= 0.6 is 0 Å². The molecule has 0 amide bonds. The van der Waals surface area contributed by atoms with E-state index in [1.165, 1.54) is 0 Å². The highest BCUT2D eigenvalue weighted by atomic mass is 16.6. The van der Waals surface area contributed by atoms with Gasteiger partial charge in [-0.25, -0.2) is 0 Å². The fourth-order valence-electron chi connectivity index (χ4n) is 7.17. The molecule has 3 N–H and O–H groups in total. The molecule has 1 aromatic carbocycles. The number of fused-ring (bicyclic) bond motifs is 1. The van der Waals surface area contributed by atoms with Gasteiger partial charge >= 0.3 is 0 Å². The largest absolute Gasteiger partial charge is 0.507 e. The molecule has 1 aromatic rings. The van der Waals surface area contributed by atoms with Crippen molar-refractivity contribution < 1.29 is 34.4 Å². The van der Waals surface area contributed by atoms with E-state index in [1.54, 1.807) is 13.0 Å². The number of hydrogen-bond acceptors (Lipinski definition) is 7. The van der Waals surface area contributed by atoms with Crippen molar-refractivity contribution in [2.24, 2.45) is 11.8 Å². The van der Waals surface area contributed by atoms with E-state index in [2.05, 4.69) is 6.58 Å². The van der Waals surface area contributed by atoms with E-state index < -0.39 is 34.6 Å². The van der Waals surface area contributed by atoms with Crippen LogP contribution in [-0.2, 0) is 22.4 Å². The van der Waals surface area contributed by atoms with Gasteiger partial charge in [0, 0.05) is 41.4 Å². The zero-order valence-electron chi connectivity index (χ0n) is 24.5. The SMILES string of the molecule is C=C(C)C(O)Cc1c(O)c(CC=C(C)C)c(O)c2c1O[C@@]13C(=C[C@H]4C[C@H]1C(C)(C)O[C@]3(CC=C(C)C)C4=O)C2=O. The summed E-state index contributed by atoms with van der Waals surface area (Å²) in [6.45, 7) is 17.1. The van der Waals surface area contributed by atoms with E-state index in [9.17, 15) is 24.9 Å². The van der Waals surface area contributed by atoms with Crippen LogP contribution in [0.15, 0.2) is 47.1 Å². The number of phenolic OH excluding ortho intramolecular Hbond substituents is 2. The maximum Gasteiger partial charge on any atom is 0.200 e. The minimum atomic E-state index is -1.45. The molecule has 1 unspecified atom stereocenters. The fraction of sp³-hybridized carbons (Fsp3) is 0.515. The van der Waals surface area contributed by atoms with E-state index in [0.29, 0.717) is 17.6 Å². The van der Waals surface area contributed by atoms with Gasteiger partial charge < -0.3 is 24.8 Å². The zero-order valence-corrected chi connectivity index (χ0v) is 24.5. The third-order valence-corrected chi connectivity index (χ3v) is 9.17. The van der Waals surface area contributed by atoms with Crippen LogP contribution in [-0.4, -0.2) is 49.8 Å². The molecular weight excluding hydrogens is 508 g/mol. The van der Waals surface area contributed by atoms with Gasteiger partial charge in [-0.3, -0.25) is 9.59 Å². The minimum Gasteiger partial charge on any atom is -0.507 e. The van der Waals surface area contributed by atoms with Crippen molar-refractivity contribution in [1.82, 2.24) is 0 Å². The molecule has 0 radical (unpaired) electrons. The van der Waals surface area contributed by atoms with Gasteiger partial charge in [0.2, 0.25) is 0 Å². The predicted molar refractivity (Wildman–Crippen MR) is 152 cm³/mol. The Morgan fingerprint density at radius 3 is 2.33 bits per heavy atom. The van der Waals surface area contributed by atoms with Gasteiger partial charge in [-0.05, 0) is 61.3 Å². The first-order chi connectivity index (χ1) is 18.6. The summed E-state index contributed by atoms with van der Waals surface area (Å²) >= 11 is 0. The van der Waals surface area contributed by atoms with Crippen molar-refractivity contribution in [1.29, 1.82) is 0 Å². The van der Waals surface area contributed by atoms with Gasteiger partial charge in [0.15, 0.2) is 22.8 Å². The van der Waals surface area contributed by atoms with Crippen molar-refractivity contribution >= 4 is 11.6 Å². The quantitative estimate of drug-likeness (QED) is 0.389. The number of carbonyl (C=O) groups excluding carboxylic acids is 2. The lowest BCUT2D eigenvalue weighted by atomic mass is 9.51. The number of hydrogen-bond donors (Lipinski definition) is 3. The monoisotopic (exact) mass is 548 g/mol. The number of carbonyl (C=O) groups is 2. The first kappa shape index (κ1) is 28.4. The standard InChI is InChI=1S/C33H40O7/c1-16(2)9-10-20-26(35)21(15-23(34)18(5)6)29-25(27(20)36)28(37)22-13-19-14-24-31(7,8)40-32(30(19)38,12-11-17(3)4)33(22,24)39-29/h9,11,13,19,23-24,34-36H,5,10,12,14-15H2,1-4,6-8H3/t19-,23?,24-,32+,33-/m0/s1. The molecule has 6 rings (SSSR count). The third-order valence-electron chi connectivity index (χ3n) is 9.17. The predicted octanol–water partition coefficient (Wildman–Crippen LogP) is 5.45. The van der Waals surface area contributed by atoms with E-state index in [-0.39, 0.29) is 64.9 Å². The lowest BCUT2D eigenvalue weighted by molar-refractivity contribution is -0.171. The molecular formula is C33H40O7. The van der Waals surface area contributed by atoms with Gasteiger partial charge in [-0.2, -0.15) is 0 Å². The maximum absolute atomic E-state index is 14.5. The summed E-state index contributed by atoms with van der Waals surface area (Å²) < 4.78 is 13.6. The van der Waals surface area contributed by atoms with Gasteiger partial charge in [0.05, 0.1) is 11.7 Å². The smallest absolute Gasteiger partial charge is 0.200 e. The molecule has 40 heavy (non-hydrogen) atoms. The Hall–Kier alpha value is -3.16. The molecule has 3 aliphatic carbocycles. The second kappa shape index (κ2) is 9.18. The lowest BCUT2D eigenvalue weighted by Gasteiger charge is -2.56. The van der Waals surface area contributed by atoms with Gasteiger partial charge in [0.1, 0.15) is 22.8 Å². The second-order valence-electron chi connectivity index (χ2n) is 12.9. The van der Waals surface area contributed by atoms with Crippen LogP contribution < -0.4 is 4.74 Å². The number of aromatic hydroxyl groups is 2. The molecule has 1 spiro atoms. The fourth-order valence-corrected chi connectivity index (χ4v) is 7.17. The highest BCUT2D eigenvalue weighted by molar-refractivity contribution is 6.18. The van der Waals surface area contributed by atoms with Gasteiger partial charge in [-0.15, -0.1) is 0 Å². The van der Waals surface area contributed by atoms with Crippen LogP contribution in [0.1, 0.15) is 82.8 Å². The number of aliphatic hydroxyl groups excluding tert-OH is 1. The number of aliphatic hydroxyl groups is 1. The molecule has 0 aromatic heterocycles. The normalized spacial score (nSPS) is 29.6. The second-order valence-corrected chi connectivity index (χ2v) is 12.9. The molecule has 2 aliphatic heterocycles. The average molecular weight is 549 g/mol. The number of rotatable bonds is 7. The van der Waals surface area contributed by atoms with Crippen molar-refractivity contribution in [2.45, 2.75) is 97.1 Å². The minimum absolute atomic E-state index is 0.000532. The molecule has 5 aliphatic rings. The average Bonchev–Trinajstić information content (AvgIpc) is 3.01. The number of allylic oxidation sites excluding steroid dienone is 4. The molecule has 7 heteroatoms. The first-order valence-electron chi connectivity index (χ1n) is 14.0. The number of ketones is 2. The summed E-state index contributed by atoms with van der Waals surface area (Å²) in [7, 11) is 0. The van der Waals surface area contributed by atoms with Crippen LogP contribution in [0.25, 0.3) is 0 Å². The Bertz CT molecular complexity index is 1430. The van der Waals surface area contributed by atoms with E-state index in [0.717, 1.165) is 11.1 Å². The van der Waals surface area contributed by atoms with Crippen LogP contribution in [0.3, 0.4) is 0 Å². The molecule has 5 atom stereocenters. The summed E-state index contributed by atoms with van der Waals surface area (Å²) in [6, 6.07) is 0. The molecule has 2 heterocycles. The lowest BCUT2D eigenvalue weighted by Crippen LogP contribution is -2.72. The summed E-state index contributed by atoms with van der Waals surface area (Å²) in [5.41, 5.74) is -0.555. The van der Waals surface area contributed by atoms with Crippen molar-refractivity contribution in [3.05, 3.63) is 63.8 Å². The molecule has 214 valence electrons. The van der Waals surface area contributed by atoms with Crippen molar-refractivity contribution in [3.63, 3.8) is 0 Å². The molecule has 2 fully saturated rings. The van der Waals surface area contributed by atoms with Crippen LogP contribution in [0.5, 0.6) is 17.2 Å². The van der Waals surface area contributed by atoms with Crippen LogP contribution in [0.4, 0.5) is 0 Å². The highest BCUT2D eigenvalue weighted by Crippen LogP contribution is 2.68. The number of Topliss-reactive ketones (excluding diaryl/α,β-unsaturated/α-hetero) is 2. The van der Waals surface area contributed by atoms with Gasteiger partial charge in [-0.1, -0.05) is 41.5 Å². The Morgan fingerprint density at radius 1 is 1.07 bits per heavy atom. The summed E-state index contributed by atoms with van der Waals surface area (Å²) in [5, 5.41) is 33.8. The number of ether oxygens (including phenoxy) is 2. The number of benzene rings is 1. The molecule has 7 nitrogen and oxygen atoms in total. The Balaban J connectivity index is 1.82. The van der Waals surface area contributed by atoms with Crippen molar-refractivity contribution in [2.75, 3.05) is 0 Å². The van der Waals surface area contributed by atoms with E-state index >= 15 is 0 Å². The summed E-state index contributed by atoms with van der Waals surface area (Å²) in [6.07, 6.45) is 5.26. The first-order valence-corrected chi connectivity index (χ1v) is 14.0. The molecule has 1 saturated heterocycles. The Kier molecular flexibility index (Phi) is 6.51. The molecule has 1 saturated carbocycles. The number of phenols is 2. The van der Waals surface area contributed by atoms with Crippen LogP contribution in [0.2, 0.25) is 0 Å². The zero-order chi connectivity index (χ0) is 29.5. The Labute approximate surface area is 235 Å². The summed E-state index contributed by atoms with van der Waals surface area (Å²) in [4.78, 5) is 28.6. The van der Waals surface area contributed by atoms with Gasteiger partial charge in [0.25, 0.3) is 0 Å². The third kappa shape index (κ3) is 3.70. The van der Waals surface area contributed by atoms with Crippen LogP contribution in [0, 0.1) is 11.8 Å². The van der Waals surface area contributed by atoms with Crippen molar-refractivity contribution in [3.8, 4) is 17.2 Å². The summed E-state index contributed by atoms with van der Waals surface area (Å²) in [5.74, 6) is -1.99. The topological polar surface area (TPSA) is 113 Å². The van der Waals surface area contributed by atoms with E-state index in [4.69, 9.17) is 9.47 Å². The molecule has 4 bridgehead atoms. The maximum atomic E-state index is 14.5. The Morgan fingerprint density at radius 2 is 1.73 bits per heavy atom. The van der Waals surface area contributed by atoms with E-state index in [1.807, 2.05) is 53.7 Å².